The fourth-order valence-corrected chi connectivity index (χ4v) is 5.72. The Labute approximate surface area is 195 Å². The molecule has 0 spiro atoms. The SMILES string of the molecule is Cc1cc(C(=O)Nc2ccc3nc(N4CCOCC4)sc3c2)c2nc3n(c2n1)CCCCC3. The minimum Gasteiger partial charge on any atom is -0.378 e. The molecule has 1 aromatic carbocycles. The molecule has 2 aliphatic rings. The monoisotopic (exact) mass is 462 g/mol. The van der Waals surface area contributed by atoms with Gasteiger partial charge in [-0.25, -0.2) is 15.0 Å². The first-order valence-electron chi connectivity index (χ1n) is 11.6. The maximum atomic E-state index is 13.3. The Hall–Kier alpha value is -3.04. The molecule has 0 aliphatic carbocycles. The van der Waals surface area contributed by atoms with Gasteiger partial charge in [-0.3, -0.25) is 4.79 Å². The molecule has 0 atom stereocenters. The van der Waals surface area contributed by atoms with E-state index >= 15 is 0 Å². The Morgan fingerprint density at radius 1 is 1.06 bits per heavy atom. The Morgan fingerprint density at radius 3 is 2.82 bits per heavy atom. The number of carbonyl (C=O) groups is 1. The van der Waals surface area contributed by atoms with E-state index in [4.69, 9.17) is 19.7 Å². The summed E-state index contributed by atoms with van der Waals surface area (Å²) < 4.78 is 8.70. The fraction of sp³-hybridized carbons (Fsp3) is 0.417. The summed E-state index contributed by atoms with van der Waals surface area (Å²) in [6.07, 6.45) is 4.39. The van der Waals surface area contributed by atoms with E-state index in [0.29, 0.717) is 11.1 Å². The molecule has 6 rings (SSSR count). The summed E-state index contributed by atoms with van der Waals surface area (Å²) in [7, 11) is 0. The number of carbonyl (C=O) groups excluding carboxylic acids is 1. The van der Waals surface area contributed by atoms with Crippen molar-refractivity contribution in [2.45, 2.75) is 39.2 Å². The van der Waals surface area contributed by atoms with Gasteiger partial charge >= 0.3 is 0 Å². The summed E-state index contributed by atoms with van der Waals surface area (Å²) in [5, 5.41) is 4.08. The standard InChI is InChI=1S/C24H26N6O2S/c1-15-13-17(21-22(25-15)30-8-4-2-3-5-20(30)28-21)23(31)26-16-6-7-18-19(14-16)33-24(27-18)29-9-11-32-12-10-29/h6-7,13-14H,2-5,8-12H2,1H3,(H,26,31). The highest BCUT2D eigenvalue weighted by Crippen LogP contribution is 2.32. The summed E-state index contributed by atoms with van der Waals surface area (Å²) in [5.41, 5.74) is 4.63. The summed E-state index contributed by atoms with van der Waals surface area (Å²) >= 11 is 1.65. The smallest absolute Gasteiger partial charge is 0.258 e. The van der Waals surface area contributed by atoms with Crippen LogP contribution < -0.4 is 10.2 Å². The van der Waals surface area contributed by atoms with Crippen molar-refractivity contribution in [2.75, 3.05) is 36.5 Å². The third-order valence-electron chi connectivity index (χ3n) is 6.35. The maximum Gasteiger partial charge on any atom is 0.258 e. The second-order valence-corrected chi connectivity index (χ2v) is 9.72. The van der Waals surface area contributed by atoms with E-state index in [0.717, 1.165) is 90.3 Å². The van der Waals surface area contributed by atoms with E-state index in [2.05, 4.69) is 14.8 Å². The number of rotatable bonds is 3. The minimum absolute atomic E-state index is 0.156. The summed E-state index contributed by atoms with van der Waals surface area (Å²) in [4.78, 5) is 29.9. The van der Waals surface area contributed by atoms with E-state index in [1.807, 2.05) is 31.2 Å². The molecule has 1 N–H and O–H groups in total. The second-order valence-electron chi connectivity index (χ2n) is 8.71. The van der Waals surface area contributed by atoms with Crippen molar-refractivity contribution in [2.24, 2.45) is 0 Å². The van der Waals surface area contributed by atoms with Gasteiger partial charge in [-0.15, -0.1) is 0 Å². The fourth-order valence-electron chi connectivity index (χ4n) is 4.67. The van der Waals surface area contributed by atoms with Crippen molar-refractivity contribution >= 4 is 49.4 Å². The van der Waals surface area contributed by atoms with Crippen LogP contribution in [0.15, 0.2) is 24.3 Å². The first-order valence-corrected chi connectivity index (χ1v) is 12.4. The predicted molar refractivity (Wildman–Crippen MR) is 130 cm³/mol. The van der Waals surface area contributed by atoms with Crippen molar-refractivity contribution in [3.63, 3.8) is 0 Å². The number of hydrogen-bond acceptors (Lipinski definition) is 7. The van der Waals surface area contributed by atoms with Crippen LogP contribution in [-0.4, -0.2) is 51.7 Å². The van der Waals surface area contributed by atoms with E-state index in [-0.39, 0.29) is 5.91 Å². The molecule has 0 unspecified atom stereocenters. The van der Waals surface area contributed by atoms with Gasteiger partial charge < -0.3 is 19.5 Å². The van der Waals surface area contributed by atoms with Gasteiger partial charge in [0.25, 0.3) is 5.91 Å². The topological polar surface area (TPSA) is 85.2 Å². The zero-order chi connectivity index (χ0) is 22.4. The molecule has 9 heteroatoms. The lowest BCUT2D eigenvalue weighted by Crippen LogP contribution is -2.36. The lowest BCUT2D eigenvalue weighted by Gasteiger charge is -2.25. The van der Waals surface area contributed by atoms with Gasteiger partial charge in [-0.05, 0) is 44.0 Å². The molecule has 0 radical (unpaired) electrons. The van der Waals surface area contributed by atoms with E-state index in [1.165, 1.54) is 6.42 Å². The zero-order valence-corrected chi connectivity index (χ0v) is 19.5. The second kappa shape index (κ2) is 8.39. The van der Waals surface area contributed by atoms with Crippen LogP contribution in [0, 0.1) is 6.92 Å². The summed E-state index contributed by atoms with van der Waals surface area (Å²) in [6, 6.07) is 7.73. The van der Waals surface area contributed by atoms with E-state index in [1.54, 1.807) is 11.3 Å². The van der Waals surface area contributed by atoms with Crippen LogP contribution in [0.25, 0.3) is 21.4 Å². The van der Waals surface area contributed by atoms with Gasteiger partial charge in [-0.1, -0.05) is 17.8 Å². The molecule has 2 aliphatic heterocycles. The highest BCUT2D eigenvalue weighted by atomic mass is 32.1. The molecule has 5 heterocycles. The number of aryl methyl sites for hydroxylation is 3. The molecule has 8 nitrogen and oxygen atoms in total. The third kappa shape index (κ3) is 3.85. The van der Waals surface area contributed by atoms with Crippen molar-refractivity contribution in [3.8, 4) is 0 Å². The number of anilines is 2. The van der Waals surface area contributed by atoms with Crippen LogP contribution in [0.2, 0.25) is 0 Å². The number of benzene rings is 1. The Bertz CT molecular complexity index is 1350. The Kier molecular flexibility index (Phi) is 5.22. The van der Waals surface area contributed by atoms with Gasteiger partial charge in [0, 0.05) is 37.4 Å². The lowest BCUT2D eigenvalue weighted by molar-refractivity contribution is 0.102. The number of pyridine rings is 1. The first-order chi connectivity index (χ1) is 16.2. The van der Waals surface area contributed by atoms with Crippen LogP contribution in [0.4, 0.5) is 10.8 Å². The number of fused-ring (bicyclic) bond motifs is 4. The Balaban J connectivity index is 1.30. The van der Waals surface area contributed by atoms with Crippen molar-refractivity contribution in [1.29, 1.82) is 0 Å². The van der Waals surface area contributed by atoms with Crippen LogP contribution in [0.1, 0.15) is 41.1 Å². The van der Waals surface area contributed by atoms with Crippen molar-refractivity contribution in [3.05, 3.63) is 41.3 Å². The molecule has 1 fully saturated rings. The van der Waals surface area contributed by atoms with Gasteiger partial charge in [-0.2, -0.15) is 0 Å². The van der Waals surface area contributed by atoms with E-state index in [9.17, 15) is 4.79 Å². The number of nitrogens with one attached hydrogen (secondary N) is 1. The molecule has 1 saturated heterocycles. The number of hydrogen-bond donors (Lipinski definition) is 1. The molecule has 33 heavy (non-hydrogen) atoms. The third-order valence-corrected chi connectivity index (χ3v) is 7.43. The maximum absolute atomic E-state index is 13.3. The van der Waals surface area contributed by atoms with Gasteiger partial charge in [0.2, 0.25) is 0 Å². The van der Waals surface area contributed by atoms with Gasteiger partial charge in [0.15, 0.2) is 10.8 Å². The highest BCUT2D eigenvalue weighted by Gasteiger charge is 2.21. The van der Waals surface area contributed by atoms with Crippen LogP contribution >= 0.6 is 11.3 Å². The zero-order valence-electron chi connectivity index (χ0n) is 18.6. The minimum atomic E-state index is -0.156. The molecule has 3 aromatic heterocycles. The molecule has 0 saturated carbocycles. The average molecular weight is 463 g/mol. The number of ether oxygens (including phenoxy) is 1. The molecular weight excluding hydrogens is 436 g/mol. The van der Waals surface area contributed by atoms with Crippen molar-refractivity contribution < 1.29 is 9.53 Å². The highest BCUT2D eigenvalue weighted by molar-refractivity contribution is 7.22. The average Bonchev–Trinajstić information content (AvgIpc) is 3.32. The number of imidazole rings is 1. The van der Waals surface area contributed by atoms with Crippen molar-refractivity contribution in [1.82, 2.24) is 19.5 Å². The number of thiazole rings is 1. The number of amides is 1. The Morgan fingerprint density at radius 2 is 1.94 bits per heavy atom. The largest absolute Gasteiger partial charge is 0.378 e. The lowest BCUT2D eigenvalue weighted by atomic mass is 10.1. The quantitative estimate of drug-likeness (QED) is 0.492. The number of aromatic nitrogens is 4. The van der Waals surface area contributed by atoms with Crippen LogP contribution in [0.5, 0.6) is 0 Å². The molecule has 4 aromatic rings. The molecular formula is C24H26N6O2S. The molecule has 1 amide bonds. The van der Waals surface area contributed by atoms with Gasteiger partial charge in [0.1, 0.15) is 11.3 Å². The molecule has 0 bridgehead atoms. The normalized spacial score (nSPS) is 16.7. The van der Waals surface area contributed by atoms with Gasteiger partial charge in [0.05, 0.1) is 29.0 Å². The summed E-state index contributed by atoms with van der Waals surface area (Å²) in [6.45, 7) is 6.02. The number of nitrogens with zero attached hydrogens (tertiary/aromatic N) is 5. The van der Waals surface area contributed by atoms with Crippen LogP contribution in [0.3, 0.4) is 0 Å². The number of morpholine rings is 1. The first kappa shape index (κ1) is 20.6. The summed E-state index contributed by atoms with van der Waals surface area (Å²) in [5.74, 6) is 0.882. The van der Waals surface area contributed by atoms with E-state index < -0.39 is 0 Å². The van der Waals surface area contributed by atoms with Crippen LogP contribution in [-0.2, 0) is 17.7 Å². The molecule has 170 valence electrons. The predicted octanol–water partition coefficient (Wildman–Crippen LogP) is 4.16.